The quantitative estimate of drug-likeness (QED) is 0.604. The van der Waals surface area contributed by atoms with Crippen molar-refractivity contribution < 1.29 is 4.74 Å². The van der Waals surface area contributed by atoms with Gasteiger partial charge >= 0.3 is 0 Å². The molecule has 0 bridgehead atoms. The van der Waals surface area contributed by atoms with Crippen molar-refractivity contribution in [3.63, 3.8) is 0 Å². The Hall–Kier alpha value is -2.63. The summed E-state index contributed by atoms with van der Waals surface area (Å²) in [6.07, 6.45) is 3.83. The molecule has 0 amide bonds. The van der Waals surface area contributed by atoms with Gasteiger partial charge in [-0.05, 0) is 68.2 Å². The van der Waals surface area contributed by atoms with Gasteiger partial charge in [-0.25, -0.2) is 0 Å². The van der Waals surface area contributed by atoms with E-state index in [1.54, 1.807) is 0 Å². The fourth-order valence-electron chi connectivity index (χ4n) is 4.13. The Morgan fingerprint density at radius 2 is 1.73 bits per heavy atom. The number of ether oxygens (including phenoxy) is 1. The minimum Gasteiger partial charge on any atom is -0.457 e. The van der Waals surface area contributed by atoms with Crippen molar-refractivity contribution in [2.45, 2.75) is 39.3 Å². The van der Waals surface area contributed by atoms with Gasteiger partial charge in [-0.2, -0.15) is 0 Å². The van der Waals surface area contributed by atoms with E-state index in [1.807, 2.05) is 53.1 Å². The molecular formula is C25H31N3O2. The van der Waals surface area contributed by atoms with Crippen LogP contribution in [0.15, 0.2) is 59.4 Å². The fraction of sp³-hybridized carbons (Fsp3) is 0.400. The van der Waals surface area contributed by atoms with E-state index in [4.69, 9.17) is 4.74 Å². The highest BCUT2D eigenvalue weighted by atomic mass is 16.5. The second-order valence-electron chi connectivity index (χ2n) is 7.94. The van der Waals surface area contributed by atoms with Gasteiger partial charge in [-0.1, -0.05) is 31.5 Å². The van der Waals surface area contributed by atoms with Gasteiger partial charge in [0.05, 0.1) is 5.52 Å². The average molecular weight is 406 g/mol. The summed E-state index contributed by atoms with van der Waals surface area (Å²) >= 11 is 0. The zero-order valence-corrected chi connectivity index (χ0v) is 17.8. The number of nitrogens with zero attached hydrogens (tertiary/aromatic N) is 2. The van der Waals surface area contributed by atoms with Crippen LogP contribution in [0, 0.1) is 0 Å². The van der Waals surface area contributed by atoms with Gasteiger partial charge in [-0.3, -0.25) is 4.79 Å². The lowest BCUT2D eigenvalue weighted by Crippen LogP contribution is -2.36. The first-order chi connectivity index (χ1) is 14.7. The van der Waals surface area contributed by atoms with Crippen LogP contribution in [-0.4, -0.2) is 35.6 Å². The first-order valence-corrected chi connectivity index (χ1v) is 11.1. The van der Waals surface area contributed by atoms with E-state index in [0.717, 1.165) is 54.1 Å². The van der Waals surface area contributed by atoms with E-state index in [0.29, 0.717) is 13.1 Å². The van der Waals surface area contributed by atoms with E-state index < -0.39 is 0 Å². The zero-order chi connectivity index (χ0) is 20.8. The maximum Gasteiger partial charge on any atom is 0.255 e. The summed E-state index contributed by atoms with van der Waals surface area (Å²) in [5, 5.41) is 4.37. The molecule has 1 aromatic heterocycles. The summed E-state index contributed by atoms with van der Waals surface area (Å²) in [5.41, 5.74) is 1.85. The van der Waals surface area contributed by atoms with Gasteiger partial charge in [0.1, 0.15) is 11.5 Å². The number of rotatable bonds is 8. The van der Waals surface area contributed by atoms with E-state index in [-0.39, 0.29) is 5.56 Å². The van der Waals surface area contributed by atoms with Crippen LogP contribution in [0.1, 0.15) is 31.7 Å². The molecule has 5 heteroatoms. The number of para-hydroxylation sites is 1. The van der Waals surface area contributed by atoms with E-state index in [1.165, 1.54) is 19.3 Å². The molecule has 1 saturated heterocycles. The second-order valence-corrected chi connectivity index (χ2v) is 7.94. The number of fused-ring (bicyclic) bond motifs is 1. The Bertz CT molecular complexity index is 1020. The minimum absolute atomic E-state index is 0.0947. The van der Waals surface area contributed by atoms with Crippen LogP contribution >= 0.6 is 0 Å². The zero-order valence-electron chi connectivity index (χ0n) is 17.8. The molecule has 0 aliphatic carbocycles. The average Bonchev–Trinajstić information content (AvgIpc) is 2.79. The van der Waals surface area contributed by atoms with Crippen molar-refractivity contribution >= 4 is 10.9 Å². The maximum atomic E-state index is 13.3. The summed E-state index contributed by atoms with van der Waals surface area (Å²) in [6.45, 7) is 7.36. The summed E-state index contributed by atoms with van der Waals surface area (Å²) < 4.78 is 7.97. The molecule has 2 aromatic carbocycles. The van der Waals surface area contributed by atoms with Crippen molar-refractivity contribution in [1.29, 1.82) is 0 Å². The number of benzene rings is 2. The van der Waals surface area contributed by atoms with Crippen LogP contribution < -0.4 is 15.6 Å². The molecule has 158 valence electrons. The standard InChI is InChI=1S/C25H31N3O2/c1-2-26-19-21-17-20-11-12-23(30-22-9-5-3-6-10-22)18-24(20)28(25(21)29)16-15-27-13-7-4-8-14-27/h3,5-6,9-12,17-18,26H,2,4,7-8,13-16,19H2,1H3. The first-order valence-electron chi connectivity index (χ1n) is 11.1. The molecule has 4 rings (SSSR count). The third-order valence-corrected chi connectivity index (χ3v) is 5.78. The predicted molar refractivity (Wildman–Crippen MR) is 122 cm³/mol. The van der Waals surface area contributed by atoms with Crippen molar-refractivity contribution in [3.8, 4) is 11.5 Å². The highest BCUT2D eigenvalue weighted by Gasteiger charge is 2.14. The highest BCUT2D eigenvalue weighted by Crippen LogP contribution is 2.25. The molecular weight excluding hydrogens is 374 g/mol. The van der Waals surface area contributed by atoms with Crippen molar-refractivity contribution in [2.75, 3.05) is 26.2 Å². The molecule has 2 heterocycles. The lowest BCUT2D eigenvalue weighted by Gasteiger charge is -2.27. The summed E-state index contributed by atoms with van der Waals surface area (Å²) in [6, 6.07) is 17.8. The number of hydrogen-bond acceptors (Lipinski definition) is 4. The Balaban J connectivity index is 1.68. The maximum absolute atomic E-state index is 13.3. The molecule has 0 radical (unpaired) electrons. The molecule has 0 atom stereocenters. The van der Waals surface area contributed by atoms with Crippen LogP contribution in [-0.2, 0) is 13.1 Å². The molecule has 1 fully saturated rings. The summed E-state index contributed by atoms with van der Waals surface area (Å²) in [7, 11) is 0. The van der Waals surface area contributed by atoms with Gasteiger partial charge in [0.2, 0.25) is 0 Å². The number of nitrogens with one attached hydrogen (secondary N) is 1. The van der Waals surface area contributed by atoms with Gasteiger partial charge in [-0.15, -0.1) is 0 Å². The number of piperidine rings is 1. The van der Waals surface area contributed by atoms with Crippen molar-refractivity contribution in [3.05, 3.63) is 70.5 Å². The molecule has 30 heavy (non-hydrogen) atoms. The molecule has 1 N–H and O–H groups in total. The SMILES string of the molecule is CCNCc1cc2ccc(Oc3ccccc3)cc2n(CCN2CCCCC2)c1=O. The largest absolute Gasteiger partial charge is 0.457 e. The van der Waals surface area contributed by atoms with Crippen molar-refractivity contribution in [1.82, 2.24) is 14.8 Å². The lowest BCUT2D eigenvalue weighted by molar-refractivity contribution is 0.221. The molecule has 0 saturated carbocycles. The Morgan fingerprint density at radius 1 is 0.933 bits per heavy atom. The van der Waals surface area contributed by atoms with Gasteiger partial charge in [0.15, 0.2) is 0 Å². The number of likely N-dealkylation sites (tertiary alicyclic amines) is 1. The Morgan fingerprint density at radius 3 is 2.50 bits per heavy atom. The molecule has 1 aliphatic rings. The third kappa shape index (κ3) is 4.91. The van der Waals surface area contributed by atoms with Crippen LogP contribution in [0.5, 0.6) is 11.5 Å². The van der Waals surface area contributed by atoms with Gasteiger partial charge < -0.3 is 19.5 Å². The first kappa shape index (κ1) is 20.6. The fourth-order valence-corrected chi connectivity index (χ4v) is 4.13. The normalized spacial score (nSPS) is 14.8. The molecule has 1 aliphatic heterocycles. The van der Waals surface area contributed by atoms with Crippen molar-refractivity contribution in [2.24, 2.45) is 0 Å². The monoisotopic (exact) mass is 405 g/mol. The van der Waals surface area contributed by atoms with Gasteiger partial charge in [0, 0.05) is 31.3 Å². The topological polar surface area (TPSA) is 46.5 Å². The summed E-state index contributed by atoms with van der Waals surface area (Å²) in [5.74, 6) is 1.54. The Kier molecular flexibility index (Phi) is 6.82. The van der Waals surface area contributed by atoms with Crippen LogP contribution in [0.25, 0.3) is 10.9 Å². The summed E-state index contributed by atoms with van der Waals surface area (Å²) in [4.78, 5) is 15.8. The third-order valence-electron chi connectivity index (χ3n) is 5.78. The predicted octanol–water partition coefficient (Wildman–Crippen LogP) is 4.39. The Labute approximate surface area is 178 Å². The molecule has 0 unspecified atom stereocenters. The highest BCUT2D eigenvalue weighted by molar-refractivity contribution is 5.81. The van der Waals surface area contributed by atoms with Crippen LogP contribution in [0.2, 0.25) is 0 Å². The molecule has 5 nitrogen and oxygen atoms in total. The number of hydrogen-bond donors (Lipinski definition) is 1. The van der Waals surface area contributed by atoms with E-state index >= 15 is 0 Å². The second kappa shape index (κ2) is 9.92. The number of pyridine rings is 1. The molecule has 0 spiro atoms. The van der Waals surface area contributed by atoms with E-state index in [9.17, 15) is 4.79 Å². The lowest BCUT2D eigenvalue weighted by atomic mass is 10.1. The number of aromatic nitrogens is 1. The minimum atomic E-state index is 0.0947. The van der Waals surface area contributed by atoms with Crippen LogP contribution in [0.4, 0.5) is 0 Å². The van der Waals surface area contributed by atoms with E-state index in [2.05, 4.69) is 23.2 Å². The molecule has 3 aromatic rings. The smallest absolute Gasteiger partial charge is 0.255 e. The van der Waals surface area contributed by atoms with Crippen LogP contribution in [0.3, 0.4) is 0 Å². The van der Waals surface area contributed by atoms with Gasteiger partial charge in [0.25, 0.3) is 5.56 Å².